The lowest BCUT2D eigenvalue weighted by atomic mass is 10.1. The van der Waals surface area contributed by atoms with Crippen LogP contribution in [0.2, 0.25) is 5.02 Å². The first-order valence-electron chi connectivity index (χ1n) is 10.1. The Balaban J connectivity index is 1.63. The Morgan fingerprint density at radius 1 is 0.935 bits per heavy atom. The van der Waals surface area contributed by atoms with E-state index in [1.807, 2.05) is 50.2 Å². The standard InChI is InChI=1S/C25H25ClN2O2S/c1-3-17(2)27-25(30)22-6-4-5-7-23(22)28-24(29)19-10-8-18(9-11-19)16-31-21-14-12-20(26)13-15-21/h4-15,17H,3,16H2,1-2H3,(H,27,30)(H,28,29)/t17-/m0/s1. The first-order valence-corrected chi connectivity index (χ1v) is 11.5. The molecule has 160 valence electrons. The molecule has 0 heterocycles. The molecule has 0 radical (unpaired) electrons. The number of para-hydroxylation sites is 1. The summed E-state index contributed by atoms with van der Waals surface area (Å²) in [5, 5.41) is 6.52. The molecule has 2 N–H and O–H groups in total. The minimum absolute atomic E-state index is 0.0644. The number of hydrogen-bond acceptors (Lipinski definition) is 3. The van der Waals surface area contributed by atoms with Crippen LogP contribution in [0.25, 0.3) is 0 Å². The lowest BCUT2D eigenvalue weighted by Gasteiger charge is -2.14. The van der Waals surface area contributed by atoms with Gasteiger partial charge < -0.3 is 10.6 Å². The first-order chi connectivity index (χ1) is 15.0. The van der Waals surface area contributed by atoms with E-state index in [0.717, 1.165) is 27.7 Å². The molecule has 31 heavy (non-hydrogen) atoms. The van der Waals surface area contributed by atoms with Gasteiger partial charge in [0, 0.05) is 27.3 Å². The Morgan fingerprint density at radius 3 is 2.29 bits per heavy atom. The van der Waals surface area contributed by atoms with E-state index >= 15 is 0 Å². The number of rotatable bonds is 8. The maximum absolute atomic E-state index is 12.7. The third-order valence-corrected chi connectivity index (χ3v) is 6.18. The molecule has 2 amide bonds. The van der Waals surface area contributed by atoms with Crippen molar-refractivity contribution in [1.29, 1.82) is 0 Å². The molecule has 3 rings (SSSR count). The summed E-state index contributed by atoms with van der Waals surface area (Å²) in [4.78, 5) is 26.4. The maximum Gasteiger partial charge on any atom is 0.255 e. The second-order valence-corrected chi connectivity index (χ2v) is 8.71. The Labute approximate surface area is 192 Å². The summed E-state index contributed by atoms with van der Waals surface area (Å²) in [7, 11) is 0. The van der Waals surface area contributed by atoms with Gasteiger partial charge in [-0.3, -0.25) is 9.59 Å². The number of benzene rings is 3. The minimum Gasteiger partial charge on any atom is -0.350 e. The molecule has 0 spiro atoms. The van der Waals surface area contributed by atoms with E-state index in [2.05, 4.69) is 10.6 Å². The van der Waals surface area contributed by atoms with Crippen LogP contribution in [0.5, 0.6) is 0 Å². The molecule has 0 aliphatic heterocycles. The topological polar surface area (TPSA) is 58.2 Å². The molecule has 0 aliphatic rings. The normalized spacial score (nSPS) is 11.6. The van der Waals surface area contributed by atoms with Gasteiger partial charge in [0.2, 0.25) is 0 Å². The Kier molecular flexibility index (Phi) is 8.15. The smallest absolute Gasteiger partial charge is 0.255 e. The summed E-state index contributed by atoms with van der Waals surface area (Å²) in [6, 6.07) is 22.3. The summed E-state index contributed by atoms with van der Waals surface area (Å²) in [5.41, 5.74) is 2.60. The van der Waals surface area contributed by atoms with Crippen LogP contribution in [0.1, 0.15) is 46.5 Å². The SMILES string of the molecule is CC[C@H](C)NC(=O)c1ccccc1NC(=O)c1ccc(CSc2ccc(Cl)cc2)cc1. The van der Waals surface area contributed by atoms with Gasteiger partial charge in [-0.1, -0.05) is 42.8 Å². The summed E-state index contributed by atoms with van der Waals surface area (Å²) >= 11 is 7.63. The third-order valence-electron chi connectivity index (χ3n) is 4.85. The summed E-state index contributed by atoms with van der Waals surface area (Å²) in [6.07, 6.45) is 0.836. The van der Waals surface area contributed by atoms with Crippen molar-refractivity contribution in [3.05, 3.63) is 94.5 Å². The van der Waals surface area contributed by atoms with Crippen LogP contribution in [-0.2, 0) is 5.75 Å². The van der Waals surface area contributed by atoms with E-state index in [1.54, 1.807) is 48.2 Å². The summed E-state index contributed by atoms with van der Waals surface area (Å²) in [6.45, 7) is 3.96. The molecule has 0 aliphatic carbocycles. The highest BCUT2D eigenvalue weighted by Crippen LogP contribution is 2.24. The quantitative estimate of drug-likeness (QED) is 0.388. The lowest BCUT2D eigenvalue weighted by molar-refractivity contribution is 0.0940. The van der Waals surface area contributed by atoms with Crippen molar-refractivity contribution >= 4 is 40.9 Å². The van der Waals surface area contributed by atoms with Gasteiger partial charge in [0.05, 0.1) is 11.3 Å². The number of carbonyl (C=O) groups is 2. The second kappa shape index (κ2) is 11.0. The highest BCUT2D eigenvalue weighted by molar-refractivity contribution is 7.98. The Morgan fingerprint density at radius 2 is 1.61 bits per heavy atom. The Hall–Kier alpha value is -2.76. The number of amides is 2. The summed E-state index contributed by atoms with van der Waals surface area (Å²) < 4.78 is 0. The molecule has 0 saturated carbocycles. The molecule has 0 saturated heterocycles. The number of carbonyl (C=O) groups excluding carboxylic acids is 2. The van der Waals surface area contributed by atoms with Crippen LogP contribution in [0.4, 0.5) is 5.69 Å². The van der Waals surface area contributed by atoms with E-state index in [4.69, 9.17) is 11.6 Å². The molecular formula is C25H25ClN2O2S. The van der Waals surface area contributed by atoms with E-state index < -0.39 is 0 Å². The van der Waals surface area contributed by atoms with Gasteiger partial charge in [0.1, 0.15) is 0 Å². The second-order valence-electron chi connectivity index (χ2n) is 7.22. The van der Waals surface area contributed by atoms with Crippen molar-refractivity contribution in [1.82, 2.24) is 5.32 Å². The van der Waals surface area contributed by atoms with E-state index in [0.29, 0.717) is 16.8 Å². The largest absolute Gasteiger partial charge is 0.350 e. The van der Waals surface area contributed by atoms with Crippen LogP contribution >= 0.6 is 23.4 Å². The van der Waals surface area contributed by atoms with Crippen LogP contribution < -0.4 is 10.6 Å². The molecule has 4 nitrogen and oxygen atoms in total. The number of nitrogens with one attached hydrogen (secondary N) is 2. The van der Waals surface area contributed by atoms with Crippen molar-refractivity contribution in [3.63, 3.8) is 0 Å². The highest BCUT2D eigenvalue weighted by Gasteiger charge is 2.15. The van der Waals surface area contributed by atoms with Gasteiger partial charge in [0.25, 0.3) is 11.8 Å². The Bertz CT molecular complexity index is 1040. The van der Waals surface area contributed by atoms with Gasteiger partial charge in [-0.05, 0) is 67.4 Å². The van der Waals surface area contributed by atoms with Crippen molar-refractivity contribution in [2.45, 2.75) is 37.0 Å². The van der Waals surface area contributed by atoms with Crippen LogP contribution in [0.15, 0.2) is 77.7 Å². The molecule has 0 unspecified atom stereocenters. The monoisotopic (exact) mass is 452 g/mol. The predicted octanol–water partition coefficient (Wildman–Crippen LogP) is 6.41. The van der Waals surface area contributed by atoms with Crippen molar-refractivity contribution in [2.75, 3.05) is 5.32 Å². The van der Waals surface area contributed by atoms with Crippen LogP contribution in [0.3, 0.4) is 0 Å². The fourth-order valence-electron chi connectivity index (χ4n) is 2.84. The third kappa shape index (κ3) is 6.61. The van der Waals surface area contributed by atoms with Crippen molar-refractivity contribution in [2.24, 2.45) is 0 Å². The van der Waals surface area contributed by atoms with Gasteiger partial charge >= 0.3 is 0 Å². The van der Waals surface area contributed by atoms with E-state index in [1.165, 1.54) is 0 Å². The molecule has 6 heteroatoms. The van der Waals surface area contributed by atoms with Crippen LogP contribution in [0, 0.1) is 0 Å². The zero-order valence-corrected chi connectivity index (χ0v) is 19.1. The first kappa shape index (κ1) is 22.9. The van der Waals surface area contributed by atoms with E-state index in [9.17, 15) is 9.59 Å². The van der Waals surface area contributed by atoms with E-state index in [-0.39, 0.29) is 17.9 Å². The predicted molar refractivity (Wildman–Crippen MR) is 129 cm³/mol. The molecule has 1 atom stereocenters. The number of halogens is 1. The zero-order chi connectivity index (χ0) is 22.2. The fourth-order valence-corrected chi connectivity index (χ4v) is 3.82. The van der Waals surface area contributed by atoms with Crippen LogP contribution in [-0.4, -0.2) is 17.9 Å². The van der Waals surface area contributed by atoms with Gasteiger partial charge in [-0.25, -0.2) is 0 Å². The molecule has 0 fully saturated rings. The number of anilines is 1. The molecule has 3 aromatic rings. The molecular weight excluding hydrogens is 428 g/mol. The van der Waals surface area contributed by atoms with Gasteiger partial charge in [-0.15, -0.1) is 11.8 Å². The maximum atomic E-state index is 12.7. The molecule has 3 aromatic carbocycles. The number of thioether (sulfide) groups is 1. The summed E-state index contributed by atoms with van der Waals surface area (Å²) in [5.74, 6) is 0.350. The van der Waals surface area contributed by atoms with Gasteiger partial charge in [0.15, 0.2) is 0 Å². The van der Waals surface area contributed by atoms with Gasteiger partial charge in [-0.2, -0.15) is 0 Å². The molecule has 0 aromatic heterocycles. The highest BCUT2D eigenvalue weighted by atomic mass is 35.5. The lowest BCUT2D eigenvalue weighted by Crippen LogP contribution is -2.32. The number of hydrogen-bond donors (Lipinski definition) is 2. The molecule has 0 bridgehead atoms. The zero-order valence-electron chi connectivity index (χ0n) is 17.5. The van der Waals surface area contributed by atoms with Crippen molar-refractivity contribution in [3.8, 4) is 0 Å². The minimum atomic E-state index is -0.249. The average molecular weight is 453 g/mol. The fraction of sp³-hybridized carbons (Fsp3) is 0.200. The average Bonchev–Trinajstić information content (AvgIpc) is 2.79. The van der Waals surface area contributed by atoms with Crippen molar-refractivity contribution < 1.29 is 9.59 Å².